The van der Waals surface area contributed by atoms with Crippen molar-refractivity contribution >= 4 is 141 Å². The van der Waals surface area contributed by atoms with Crippen LogP contribution in [0.15, 0.2) is 92.0 Å². The van der Waals surface area contributed by atoms with Crippen LogP contribution in [-0.4, -0.2) is 311 Å². The average Bonchev–Trinajstić information content (AvgIpc) is 0.848. The summed E-state index contributed by atoms with van der Waals surface area (Å²) in [6.07, 6.45) is 20.7. The van der Waals surface area contributed by atoms with Gasteiger partial charge in [-0.05, 0) is 140 Å². The molecule has 8 heterocycles. The van der Waals surface area contributed by atoms with Gasteiger partial charge >= 0.3 is 0 Å². The molecule has 0 aromatic carbocycles. The number of nitrogens with one attached hydrogen (secondary N) is 1. The van der Waals surface area contributed by atoms with Crippen molar-refractivity contribution in [3.8, 4) is 0 Å². The van der Waals surface area contributed by atoms with Gasteiger partial charge in [-0.25, -0.2) is 0 Å². The maximum atomic E-state index is 12.4. The zero-order valence-corrected chi connectivity index (χ0v) is 101. The Hall–Kier alpha value is -9.70. The van der Waals surface area contributed by atoms with Gasteiger partial charge in [0, 0.05) is 124 Å². The van der Waals surface area contributed by atoms with Gasteiger partial charge in [0.2, 0.25) is 41.4 Å². The van der Waals surface area contributed by atoms with Gasteiger partial charge < -0.3 is 83.3 Å². The van der Waals surface area contributed by atoms with Crippen molar-refractivity contribution < 1.29 is 72.2 Å². The first kappa shape index (κ1) is 136. The lowest BCUT2D eigenvalue weighted by atomic mass is 9.97. The van der Waals surface area contributed by atoms with E-state index in [2.05, 4.69) is 60.7 Å². The zero-order chi connectivity index (χ0) is 115. The number of hydrogen-bond donors (Lipinski definition) is 2. The summed E-state index contributed by atoms with van der Waals surface area (Å²) in [6, 6.07) is -2.69. The van der Waals surface area contributed by atoms with Crippen LogP contribution in [0.3, 0.4) is 0 Å². The van der Waals surface area contributed by atoms with Crippen LogP contribution in [0, 0.1) is 94.7 Å². The number of carbonyl (C=O) groups is 14. The molecule has 0 saturated carbocycles. The van der Waals surface area contributed by atoms with Gasteiger partial charge in [0.25, 0.3) is 52.5 Å². The average molecular weight is 2160 g/mol. The minimum atomic E-state index is -1.52. The van der Waals surface area contributed by atoms with Gasteiger partial charge in [0.1, 0.15) is 92.9 Å². The second-order valence-corrected chi connectivity index (χ2v) is 47.7. The van der Waals surface area contributed by atoms with Crippen LogP contribution in [0.2, 0.25) is 0 Å². The van der Waals surface area contributed by atoms with Crippen molar-refractivity contribution in [2.75, 3.05) is 104 Å². The third kappa shape index (κ3) is 39.2. The van der Waals surface area contributed by atoms with Crippen LogP contribution in [0.25, 0.3) is 12.2 Å². The van der Waals surface area contributed by atoms with E-state index in [4.69, 9.17) is 51.5 Å². The number of halogens is 4. The number of rotatable bonds is 25. The fourth-order valence-corrected chi connectivity index (χ4v) is 17.2. The summed E-state index contributed by atoms with van der Waals surface area (Å²) in [6.45, 7) is 57.9. The lowest BCUT2D eigenvalue weighted by molar-refractivity contribution is -0.149. The largest absolute Gasteiger partial charge is 0.396 e. The van der Waals surface area contributed by atoms with Gasteiger partial charge in [0.15, 0.2) is 3.79 Å². The number of aromatic nitrogens is 2. The Morgan fingerprint density at radius 3 is 0.628 bits per heavy atom. The number of likely N-dealkylation sites (N-methyl/N-ethyl adjacent to an activating group) is 13. The van der Waals surface area contributed by atoms with Gasteiger partial charge in [-0.3, -0.25) is 76.7 Å². The Morgan fingerprint density at radius 2 is 0.453 bits per heavy atom. The number of aliphatic hydroxyl groups excluding tert-OH is 1. The first-order chi connectivity index (χ1) is 67.9. The molecular formula is C111H184Cl4N16O17. The van der Waals surface area contributed by atoms with E-state index in [1.54, 1.807) is 137 Å². The van der Waals surface area contributed by atoms with Crippen molar-refractivity contribution in [1.29, 1.82) is 0 Å². The van der Waals surface area contributed by atoms with Gasteiger partial charge in [-0.15, -0.1) is 11.6 Å². The summed E-state index contributed by atoms with van der Waals surface area (Å²) in [5, 5.41) is 12.7. The molecule has 10 atom stereocenters. The molecule has 7 fully saturated rings. The van der Waals surface area contributed by atoms with E-state index >= 15 is 0 Å². The lowest BCUT2D eigenvalue weighted by Crippen LogP contribution is -2.56. The van der Waals surface area contributed by atoms with Crippen LogP contribution < -0.4 is 27.1 Å². The van der Waals surface area contributed by atoms with Gasteiger partial charge in [0.05, 0.1) is 0 Å². The second kappa shape index (κ2) is 61.1. The fourth-order valence-electron chi connectivity index (χ4n) is 16.9. The molecule has 2 N–H and O–H groups in total. The van der Waals surface area contributed by atoms with Crippen LogP contribution in [0.1, 0.15) is 246 Å². The van der Waals surface area contributed by atoms with Crippen LogP contribution in [-0.2, 0) is 81.2 Å². The molecule has 148 heavy (non-hydrogen) atoms. The smallest absolute Gasteiger partial charge is 0.274 e. The molecule has 0 aliphatic carbocycles. The topological polar surface area (TPSA) is 357 Å². The first-order valence-electron chi connectivity index (χ1n) is 52.0. The standard InChI is InChI=1S/C14H23ClN2O2.C14H24N2O3.4C14H24N2O2.C14H22N2O2.C13H19Cl3N2O2/c1-9(2)6-11-13(18)17(5)12(7-10(3)8-15)14(19)16(11)4;1-9(2)6-11-13(18)16(5)12(7-10(3)8-17)14(19)15(11)4;5*1-9(2)7-11-13(17)16(6)12(8-10(3)4)14(18)15(11)5;1-7(2)5-9-12(20)18(4)10(11(19)17-9)6-8(3)13(14,15)16/h6,9-10,12H,7-8H2,1-5H3;6,9-10,12,17H,7-8H2,1-5H3;4*7,9-10,12H,8H2,1-6H3;7-10H,1-6H3;6-9H,5H2,1-4H3,(H,17,19)/b2*11-6+;11-7+;3*11-7-;11-7-,12-8+;10-6+. The Balaban J connectivity index is 0.000000846. The first-order valence-corrected chi connectivity index (χ1v) is 53.7. The summed E-state index contributed by atoms with van der Waals surface area (Å²) >= 11 is 23.1. The Labute approximate surface area is 904 Å². The van der Waals surface area contributed by atoms with E-state index in [9.17, 15) is 76.7 Å². The molecule has 14 amide bonds. The normalized spacial score (nSPS) is 22.9. The van der Waals surface area contributed by atoms with E-state index in [0.29, 0.717) is 125 Å². The van der Waals surface area contributed by atoms with E-state index < -0.39 is 27.8 Å². The van der Waals surface area contributed by atoms with Crippen LogP contribution in [0.5, 0.6) is 0 Å². The minimum Gasteiger partial charge on any atom is -0.396 e. The van der Waals surface area contributed by atoms with E-state index in [0.717, 1.165) is 0 Å². The Kier molecular flexibility index (Phi) is 56.3. The third-order valence-electron chi connectivity index (χ3n) is 25.4. The van der Waals surface area contributed by atoms with Crippen LogP contribution in [0.4, 0.5) is 0 Å². The number of carbonyl (C=O) groups excluding carboxylic acids is 14. The number of allylic oxidation sites excluding steroid dienone is 7. The molecule has 838 valence electrons. The highest BCUT2D eigenvalue weighted by atomic mass is 35.6. The summed E-state index contributed by atoms with van der Waals surface area (Å²) in [4.78, 5) is 216. The molecule has 7 saturated heterocycles. The Bertz CT molecular complexity index is 4840. The zero-order valence-electron chi connectivity index (χ0n) is 97.5. The molecule has 8 rings (SSSR count). The number of hydrogen-bond acceptors (Lipinski definition) is 17. The number of alkyl halides is 4. The molecule has 1 aromatic rings. The minimum absolute atomic E-state index is 0.00627. The molecule has 7 aliphatic heterocycles. The van der Waals surface area contributed by atoms with Gasteiger partial charge in [-0.1, -0.05) is 284 Å². The predicted octanol–water partition coefficient (Wildman–Crippen LogP) is 13.3. The molecule has 0 bridgehead atoms. The molecule has 0 spiro atoms. The van der Waals surface area contributed by atoms with Crippen LogP contribution >= 0.6 is 46.4 Å². The monoisotopic (exact) mass is 2150 g/mol. The fraction of sp³-hybridized carbons (Fsp3) is 0.694. The maximum absolute atomic E-state index is 12.4. The quantitative estimate of drug-likeness (QED) is 0.0678. The maximum Gasteiger partial charge on any atom is 0.274 e. The molecule has 7 aliphatic rings. The van der Waals surface area contributed by atoms with Gasteiger partial charge in [-0.2, -0.15) is 0 Å². The lowest BCUT2D eigenvalue weighted by Gasteiger charge is -2.39. The number of aliphatic hydroxyl groups is 1. The summed E-state index contributed by atoms with van der Waals surface area (Å²) in [5.74, 6) is 2.89. The molecule has 10 unspecified atom stereocenters. The number of nitrogens with zero attached hydrogens (tertiary/aromatic N) is 15. The van der Waals surface area contributed by atoms with Crippen molar-refractivity contribution in [3.63, 3.8) is 0 Å². The summed E-state index contributed by atoms with van der Waals surface area (Å²) in [7, 11) is 25.1. The SMILES string of the molecule is CC(C)/C=C1/C(=O)N(C)C(CC(C)C)C(=O)N1C.CC(C)/C=C1/C(=O)N(C)C(CC(C)C)C(=O)N1C.CC(C)/C=C1/C(=O)N(C)C(CC(C)C)C(=O)N1C.CC(C)/C=C1\C(=O)N(C)C(CC(C)C)C(=O)N1C.CC(C)/C=C1\C(=O)N(C)C(CC(C)CCl)C(=O)N1C.CC(C)/C=C1\C(=O)N(C)C(CC(C)CO)C(=O)N1C.CC(C)/C=c1/c(=O)n(C)/c(=C/C(C)C)c(=O)n1C.CC(C)CC1NC(=O)/C(=C\C(C)C(Cl)(Cl)Cl)N(C)C1=O. The van der Waals surface area contributed by atoms with Crippen molar-refractivity contribution in [1.82, 2.24) is 78.1 Å². The molecule has 33 nitrogen and oxygen atoms in total. The molecule has 37 heteroatoms. The van der Waals surface area contributed by atoms with E-state index in [1.165, 1.54) is 54.4 Å². The summed E-state index contributed by atoms with van der Waals surface area (Å²) in [5.41, 5.74) is 2.86. The molecule has 0 radical (unpaired) electrons. The Morgan fingerprint density at radius 1 is 0.264 bits per heavy atom. The number of amides is 14. The van der Waals surface area contributed by atoms with Crippen molar-refractivity contribution in [2.45, 2.75) is 292 Å². The second-order valence-electron chi connectivity index (χ2n) is 45.0. The predicted molar refractivity (Wildman–Crippen MR) is 593 cm³/mol. The van der Waals surface area contributed by atoms with Crippen molar-refractivity contribution in [3.05, 3.63) is 114 Å². The third-order valence-corrected chi connectivity index (χ3v) is 26.9. The highest BCUT2D eigenvalue weighted by Gasteiger charge is 2.47. The molecular weight excluding hydrogens is 1970 g/mol. The van der Waals surface area contributed by atoms with Crippen molar-refractivity contribution in [2.24, 2.45) is 109 Å². The molecule has 1 aromatic heterocycles. The number of piperazine rings is 7. The van der Waals surface area contributed by atoms with E-state index in [-0.39, 0.29) is 189 Å². The highest BCUT2D eigenvalue weighted by Crippen LogP contribution is 2.38. The highest BCUT2D eigenvalue weighted by molar-refractivity contribution is 6.67. The van der Waals surface area contributed by atoms with E-state index in [1.807, 2.05) is 187 Å². The summed E-state index contributed by atoms with van der Waals surface area (Å²) < 4.78 is 1.36.